The minimum Gasteiger partial charge on any atom is -0.452 e. The first-order valence-corrected chi connectivity index (χ1v) is 9.60. The molecule has 30 heavy (non-hydrogen) atoms. The second kappa shape index (κ2) is 7.94. The lowest BCUT2D eigenvalue weighted by atomic mass is 10.1. The molecule has 7 heteroatoms. The van der Waals surface area contributed by atoms with Crippen molar-refractivity contribution >= 4 is 41.0 Å². The van der Waals surface area contributed by atoms with Crippen LogP contribution in [0.3, 0.4) is 0 Å². The quantitative estimate of drug-likeness (QED) is 0.272. The van der Waals surface area contributed by atoms with E-state index in [0.29, 0.717) is 16.1 Å². The van der Waals surface area contributed by atoms with E-state index in [1.807, 2.05) is 0 Å². The van der Waals surface area contributed by atoms with Gasteiger partial charge in [-0.25, -0.2) is 9.18 Å². The number of halogens is 3. The normalized spacial score (nSPS) is 13.9. The maximum absolute atomic E-state index is 14.1. The van der Waals surface area contributed by atoms with Crippen LogP contribution in [0.1, 0.15) is 31.8 Å². The highest BCUT2D eigenvalue weighted by atomic mass is 35.5. The summed E-state index contributed by atoms with van der Waals surface area (Å²) in [6.07, 6.45) is 1.26. The third kappa shape index (κ3) is 3.70. The second-order valence-corrected chi connectivity index (χ2v) is 7.38. The van der Waals surface area contributed by atoms with Crippen molar-refractivity contribution in [1.29, 1.82) is 0 Å². The molecular weight excluding hydrogens is 430 g/mol. The molecule has 0 saturated carbocycles. The van der Waals surface area contributed by atoms with Crippen LogP contribution in [0, 0.1) is 12.7 Å². The van der Waals surface area contributed by atoms with Crippen LogP contribution >= 0.6 is 23.2 Å². The monoisotopic (exact) mass is 442 g/mol. The molecule has 3 aromatic carbocycles. The molecule has 0 aliphatic carbocycles. The van der Waals surface area contributed by atoms with Gasteiger partial charge in [-0.2, -0.15) is 0 Å². The van der Waals surface area contributed by atoms with Gasteiger partial charge < -0.3 is 9.47 Å². The number of rotatable bonds is 3. The van der Waals surface area contributed by atoms with Gasteiger partial charge in [-0.3, -0.25) is 4.79 Å². The van der Waals surface area contributed by atoms with Gasteiger partial charge >= 0.3 is 5.97 Å². The van der Waals surface area contributed by atoms with Gasteiger partial charge in [0.25, 0.3) is 0 Å². The smallest absolute Gasteiger partial charge is 0.343 e. The molecule has 0 saturated heterocycles. The first kappa shape index (κ1) is 20.1. The predicted molar refractivity (Wildman–Crippen MR) is 112 cm³/mol. The number of hydrogen-bond acceptors (Lipinski definition) is 4. The lowest BCUT2D eigenvalue weighted by Gasteiger charge is -2.10. The van der Waals surface area contributed by atoms with Gasteiger partial charge in [0, 0.05) is 16.1 Å². The standard InChI is InChI=1S/C23H13Cl2FO4/c1-12-19(30-23(28)13-5-7-14(24)8-6-13)10-9-15-21(27)20(29-22(12)15)11-16-17(25)3-2-4-18(16)26/h2-11H,1H3/b20-11-. The van der Waals surface area contributed by atoms with Crippen LogP contribution in [0.4, 0.5) is 4.39 Å². The highest BCUT2D eigenvalue weighted by Crippen LogP contribution is 2.40. The number of benzene rings is 3. The number of allylic oxidation sites excluding steroid dienone is 1. The van der Waals surface area contributed by atoms with E-state index in [2.05, 4.69) is 0 Å². The summed E-state index contributed by atoms with van der Waals surface area (Å²) in [5.74, 6) is -1.14. The highest BCUT2D eigenvalue weighted by Gasteiger charge is 2.31. The van der Waals surface area contributed by atoms with Crippen molar-refractivity contribution in [1.82, 2.24) is 0 Å². The van der Waals surface area contributed by atoms with E-state index in [1.54, 1.807) is 31.2 Å². The number of ether oxygens (including phenoxy) is 2. The summed E-state index contributed by atoms with van der Waals surface area (Å²) in [5, 5.41) is 0.658. The van der Waals surface area contributed by atoms with Gasteiger partial charge in [-0.05, 0) is 61.5 Å². The Labute approximate surface area is 181 Å². The summed E-state index contributed by atoms with van der Waals surface area (Å²) >= 11 is 11.9. The van der Waals surface area contributed by atoms with Crippen LogP contribution in [0.25, 0.3) is 6.08 Å². The summed E-state index contributed by atoms with van der Waals surface area (Å²) in [4.78, 5) is 25.1. The van der Waals surface area contributed by atoms with Crippen LogP contribution in [0.5, 0.6) is 11.5 Å². The van der Waals surface area contributed by atoms with E-state index in [9.17, 15) is 14.0 Å². The Morgan fingerprint density at radius 1 is 1.07 bits per heavy atom. The van der Waals surface area contributed by atoms with Gasteiger partial charge in [0.2, 0.25) is 5.78 Å². The molecule has 4 rings (SSSR count). The van der Waals surface area contributed by atoms with E-state index in [1.165, 1.54) is 36.4 Å². The molecule has 0 unspecified atom stereocenters. The van der Waals surface area contributed by atoms with Gasteiger partial charge in [-0.1, -0.05) is 29.3 Å². The second-order valence-electron chi connectivity index (χ2n) is 6.54. The molecule has 1 aliphatic heterocycles. The molecule has 0 amide bonds. The SMILES string of the molecule is Cc1c(OC(=O)c2ccc(Cl)cc2)ccc2c1O/C(=C\c1c(F)cccc1Cl)C2=O. The van der Waals surface area contributed by atoms with Gasteiger partial charge in [0.05, 0.1) is 16.1 Å². The lowest BCUT2D eigenvalue weighted by molar-refractivity contribution is 0.0733. The zero-order valence-electron chi connectivity index (χ0n) is 15.5. The van der Waals surface area contributed by atoms with Gasteiger partial charge in [-0.15, -0.1) is 0 Å². The fourth-order valence-electron chi connectivity index (χ4n) is 3.00. The third-order valence-corrected chi connectivity index (χ3v) is 5.18. The number of carbonyl (C=O) groups is 2. The molecule has 0 bridgehead atoms. The zero-order valence-corrected chi connectivity index (χ0v) is 17.1. The topological polar surface area (TPSA) is 52.6 Å². The third-order valence-electron chi connectivity index (χ3n) is 4.59. The first-order chi connectivity index (χ1) is 14.3. The minimum absolute atomic E-state index is 0.0577. The molecule has 0 fully saturated rings. The molecule has 4 nitrogen and oxygen atoms in total. The Hall–Kier alpha value is -3.15. The Bertz CT molecular complexity index is 1200. The van der Waals surface area contributed by atoms with Crippen LogP contribution in [0.15, 0.2) is 60.4 Å². The Morgan fingerprint density at radius 3 is 2.50 bits per heavy atom. The molecular formula is C23H13Cl2FO4. The van der Waals surface area contributed by atoms with Crippen molar-refractivity contribution in [2.45, 2.75) is 6.92 Å². The summed E-state index contributed by atoms with van der Waals surface area (Å²) in [6, 6.07) is 13.5. The summed E-state index contributed by atoms with van der Waals surface area (Å²) in [5.41, 5.74) is 1.14. The summed E-state index contributed by atoms with van der Waals surface area (Å²) in [6.45, 7) is 1.66. The van der Waals surface area contributed by atoms with E-state index < -0.39 is 17.6 Å². The molecule has 150 valence electrons. The number of carbonyl (C=O) groups excluding carboxylic acids is 2. The van der Waals surface area contributed by atoms with Crippen molar-refractivity contribution in [3.63, 3.8) is 0 Å². The maximum atomic E-state index is 14.1. The van der Waals surface area contributed by atoms with Crippen molar-refractivity contribution in [3.05, 3.63) is 98.5 Å². The van der Waals surface area contributed by atoms with Crippen LogP contribution in [-0.4, -0.2) is 11.8 Å². The minimum atomic E-state index is -0.576. The van der Waals surface area contributed by atoms with E-state index >= 15 is 0 Å². The number of fused-ring (bicyclic) bond motifs is 1. The number of hydrogen-bond donors (Lipinski definition) is 0. The van der Waals surface area contributed by atoms with Crippen molar-refractivity contribution in [2.24, 2.45) is 0 Å². The molecule has 0 atom stereocenters. The summed E-state index contributed by atoms with van der Waals surface area (Å²) < 4.78 is 25.2. The summed E-state index contributed by atoms with van der Waals surface area (Å²) in [7, 11) is 0. The lowest BCUT2D eigenvalue weighted by Crippen LogP contribution is -2.09. The molecule has 0 radical (unpaired) electrons. The predicted octanol–water partition coefficient (Wildman–Crippen LogP) is 6.28. The highest BCUT2D eigenvalue weighted by molar-refractivity contribution is 6.32. The zero-order chi connectivity index (χ0) is 21.4. The largest absolute Gasteiger partial charge is 0.452 e. The molecule has 3 aromatic rings. The Morgan fingerprint density at radius 2 is 1.80 bits per heavy atom. The maximum Gasteiger partial charge on any atom is 0.343 e. The number of ketones is 1. The van der Waals surface area contributed by atoms with Crippen molar-refractivity contribution in [2.75, 3.05) is 0 Å². The van der Waals surface area contributed by atoms with E-state index in [-0.39, 0.29) is 33.4 Å². The number of Topliss-reactive ketones (excluding diaryl/α,β-unsaturated/α-hetero) is 1. The van der Waals surface area contributed by atoms with Gasteiger partial charge in [0.15, 0.2) is 5.76 Å². The van der Waals surface area contributed by atoms with Crippen molar-refractivity contribution < 1.29 is 23.5 Å². The molecule has 0 spiro atoms. The average Bonchev–Trinajstić information content (AvgIpc) is 3.04. The number of esters is 1. The fourth-order valence-corrected chi connectivity index (χ4v) is 3.35. The fraction of sp³-hybridized carbons (Fsp3) is 0.0435. The Balaban J connectivity index is 1.64. The van der Waals surface area contributed by atoms with Crippen LogP contribution < -0.4 is 9.47 Å². The first-order valence-electron chi connectivity index (χ1n) is 8.85. The van der Waals surface area contributed by atoms with Crippen LogP contribution in [-0.2, 0) is 0 Å². The Kier molecular flexibility index (Phi) is 5.33. The van der Waals surface area contributed by atoms with E-state index in [4.69, 9.17) is 32.7 Å². The average molecular weight is 443 g/mol. The molecule has 1 heterocycles. The van der Waals surface area contributed by atoms with Gasteiger partial charge in [0.1, 0.15) is 17.3 Å². The van der Waals surface area contributed by atoms with E-state index in [0.717, 1.165) is 0 Å². The molecule has 0 N–H and O–H groups in total. The molecule has 0 aromatic heterocycles. The molecule has 1 aliphatic rings. The van der Waals surface area contributed by atoms with Crippen LogP contribution in [0.2, 0.25) is 10.0 Å². The van der Waals surface area contributed by atoms with Crippen molar-refractivity contribution in [3.8, 4) is 11.5 Å².